The van der Waals surface area contributed by atoms with Crippen molar-refractivity contribution in [3.63, 3.8) is 0 Å². The van der Waals surface area contributed by atoms with E-state index in [4.69, 9.17) is 11.6 Å². The maximum absolute atomic E-state index is 9.49. The molecule has 0 aliphatic heterocycles. The summed E-state index contributed by atoms with van der Waals surface area (Å²) in [4.78, 5) is 0. The number of hydrogen-bond donors (Lipinski definition) is 0. The predicted molar refractivity (Wildman–Crippen MR) is 70.8 cm³/mol. The van der Waals surface area contributed by atoms with E-state index in [9.17, 15) is 5.26 Å². The van der Waals surface area contributed by atoms with Gasteiger partial charge in [0, 0.05) is 5.02 Å². The van der Waals surface area contributed by atoms with Gasteiger partial charge in [0.2, 0.25) is 0 Å². The molecule has 0 unspecified atom stereocenters. The zero-order chi connectivity index (χ0) is 12.3. The lowest BCUT2D eigenvalue weighted by Crippen LogP contribution is -2.27. The highest BCUT2D eigenvalue weighted by molar-refractivity contribution is 6.31. The molecule has 0 radical (unpaired) electrons. The molecule has 0 amide bonds. The molecule has 2 rings (SSSR count). The number of nitrogens with zero attached hydrogens (tertiary/aromatic N) is 1. The summed E-state index contributed by atoms with van der Waals surface area (Å²) in [5.74, 6) is 0.766. The smallest absolute Gasteiger partial charge is 0.0693 e. The molecule has 17 heavy (non-hydrogen) atoms. The van der Waals surface area contributed by atoms with Crippen LogP contribution in [-0.2, 0) is 6.42 Å². The fourth-order valence-electron chi connectivity index (χ4n) is 2.65. The lowest BCUT2D eigenvalue weighted by molar-refractivity contribution is 0.219. The van der Waals surface area contributed by atoms with Crippen LogP contribution < -0.4 is 0 Å². The van der Waals surface area contributed by atoms with Gasteiger partial charge < -0.3 is 0 Å². The van der Waals surface area contributed by atoms with Crippen molar-refractivity contribution in [3.8, 4) is 6.07 Å². The lowest BCUT2D eigenvalue weighted by atomic mass is 9.69. The second-order valence-corrected chi connectivity index (χ2v) is 5.75. The lowest BCUT2D eigenvalue weighted by Gasteiger charge is -2.34. The number of hydrogen-bond acceptors (Lipinski definition) is 1. The number of rotatable bonds is 2. The zero-order valence-electron chi connectivity index (χ0n) is 10.2. The summed E-state index contributed by atoms with van der Waals surface area (Å²) < 4.78 is 0. The van der Waals surface area contributed by atoms with Crippen molar-refractivity contribution in [2.24, 2.45) is 11.3 Å². The first-order chi connectivity index (χ1) is 8.15. The van der Waals surface area contributed by atoms with Crippen LogP contribution >= 0.6 is 11.6 Å². The van der Waals surface area contributed by atoms with Gasteiger partial charge in [-0.3, -0.25) is 0 Å². The first-order valence-electron chi connectivity index (χ1n) is 6.30. The molecule has 1 aliphatic rings. The Hall–Kier alpha value is -1.00. The third-order valence-corrected chi connectivity index (χ3v) is 4.32. The van der Waals surface area contributed by atoms with Gasteiger partial charge in [-0.25, -0.2) is 0 Å². The zero-order valence-corrected chi connectivity index (χ0v) is 11.0. The molecule has 1 nitrogen and oxygen atoms in total. The molecular formula is C15H18ClN. The predicted octanol–water partition coefficient (Wildman–Crippen LogP) is 4.60. The standard InChI is InChI=1S/C15H18ClN/c1-12-6-8-15(11-17,9-7-12)10-13-4-2-3-5-14(13)16/h2-5,12H,6-10H2,1H3. The Morgan fingerprint density at radius 1 is 1.35 bits per heavy atom. The van der Waals surface area contributed by atoms with Gasteiger partial charge in [-0.1, -0.05) is 36.7 Å². The summed E-state index contributed by atoms with van der Waals surface area (Å²) in [5, 5.41) is 10.3. The highest BCUT2D eigenvalue weighted by atomic mass is 35.5. The monoisotopic (exact) mass is 247 g/mol. The highest BCUT2D eigenvalue weighted by Crippen LogP contribution is 2.41. The molecule has 1 aromatic carbocycles. The molecule has 0 aromatic heterocycles. The van der Waals surface area contributed by atoms with E-state index < -0.39 is 0 Å². The van der Waals surface area contributed by atoms with E-state index in [1.165, 1.54) is 0 Å². The molecule has 90 valence electrons. The van der Waals surface area contributed by atoms with Crippen LogP contribution in [-0.4, -0.2) is 0 Å². The molecule has 2 heteroatoms. The van der Waals surface area contributed by atoms with Crippen LogP contribution in [0.1, 0.15) is 38.2 Å². The van der Waals surface area contributed by atoms with E-state index in [1.807, 2.05) is 24.3 Å². The molecule has 0 heterocycles. The molecule has 1 fully saturated rings. The van der Waals surface area contributed by atoms with Crippen LogP contribution in [0.25, 0.3) is 0 Å². The molecule has 0 bridgehead atoms. The summed E-state index contributed by atoms with van der Waals surface area (Å²) in [7, 11) is 0. The summed E-state index contributed by atoms with van der Waals surface area (Å²) in [5.41, 5.74) is 0.933. The van der Waals surface area contributed by atoms with Crippen LogP contribution in [0.4, 0.5) is 0 Å². The molecule has 1 aliphatic carbocycles. The van der Waals surface area contributed by atoms with Gasteiger partial charge in [0.1, 0.15) is 0 Å². The van der Waals surface area contributed by atoms with E-state index in [-0.39, 0.29) is 5.41 Å². The Morgan fingerprint density at radius 3 is 2.59 bits per heavy atom. The fraction of sp³-hybridized carbons (Fsp3) is 0.533. The van der Waals surface area contributed by atoms with Gasteiger partial charge in [-0.15, -0.1) is 0 Å². The van der Waals surface area contributed by atoms with E-state index in [0.29, 0.717) is 0 Å². The average molecular weight is 248 g/mol. The van der Waals surface area contributed by atoms with Gasteiger partial charge in [0.25, 0.3) is 0 Å². The summed E-state index contributed by atoms with van der Waals surface area (Å²) in [6.45, 7) is 2.27. The van der Waals surface area contributed by atoms with Crippen molar-refractivity contribution in [1.29, 1.82) is 5.26 Å². The normalized spacial score (nSPS) is 28.6. The van der Waals surface area contributed by atoms with E-state index in [2.05, 4.69) is 13.0 Å². The van der Waals surface area contributed by atoms with Crippen molar-refractivity contribution in [2.45, 2.75) is 39.0 Å². The molecule has 0 atom stereocenters. The minimum absolute atomic E-state index is 0.183. The molecule has 0 N–H and O–H groups in total. The van der Waals surface area contributed by atoms with Crippen molar-refractivity contribution in [1.82, 2.24) is 0 Å². The molecule has 0 saturated heterocycles. The maximum atomic E-state index is 9.49. The summed E-state index contributed by atoms with van der Waals surface area (Å²) in [6, 6.07) is 10.4. The second-order valence-electron chi connectivity index (χ2n) is 5.34. The van der Waals surface area contributed by atoms with Crippen molar-refractivity contribution in [3.05, 3.63) is 34.9 Å². The average Bonchev–Trinajstić information content (AvgIpc) is 2.35. The van der Waals surface area contributed by atoms with Crippen LogP contribution in [0.5, 0.6) is 0 Å². The minimum atomic E-state index is -0.183. The van der Waals surface area contributed by atoms with E-state index in [1.54, 1.807) is 0 Å². The van der Waals surface area contributed by atoms with Gasteiger partial charge in [0.05, 0.1) is 11.5 Å². The quantitative estimate of drug-likeness (QED) is 0.749. The second kappa shape index (κ2) is 5.10. The van der Waals surface area contributed by atoms with E-state index >= 15 is 0 Å². The van der Waals surface area contributed by atoms with Crippen LogP contribution in [0.3, 0.4) is 0 Å². The number of halogens is 1. The minimum Gasteiger partial charge on any atom is -0.198 e. The van der Waals surface area contributed by atoms with Gasteiger partial charge in [-0.05, 0) is 49.7 Å². The Kier molecular flexibility index (Phi) is 3.74. The molecular weight excluding hydrogens is 230 g/mol. The van der Waals surface area contributed by atoms with Gasteiger partial charge in [0.15, 0.2) is 0 Å². The summed E-state index contributed by atoms with van der Waals surface area (Å²) in [6.07, 6.45) is 5.15. The first-order valence-corrected chi connectivity index (χ1v) is 6.68. The van der Waals surface area contributed by atoms with Gasteiger partial charge >= 0.3 is 0 Å². The Bertz CT molecular complexity index is 425. The van der Waals surface area contributed by atoms with Crippen LogP contribution in [0.15, 0.2) is 24.3 Å². The SMILES string of the molecule is CC1CCC(C#N)(Cc2ccccc2Cl)CC1. The molecule has 1 aromatic rings. The largest absolute Gasteiger partial charge is 0.198 e. The molecule has 0 spiro atoms. The van der Waals surface area contributed by atoms with Crippen molar-refractivity contribution in [2.75, 3.05) is 0 Å². The third kappa shape index (κ3) is 2.82. The van der Waals surface area contributed by atoms with Crippen molar-refractivity contribution < 1.29 is 0 Å². The topological polar surface area (TPSA) is 23.8 Å². The van der Waals surface area contributed by atoms with E-state index in [0.717, 1.165) is 48.6 Å². The highest BCUT2D eigenvalue weighted by Gasteiger charge is 2.34. The number of benzene rings is 1. The van der Waals surface area contributed by atoms with Gasteiger partial charge in [-0.2, -0.15) is 5.26 Å². The van der Waals surface area contributed by atoms with Crippen molar-refractivity contribution >= 4 is 11.6 Å². The summed E-state index contributed by atoms with van der Waals surface area (Å²) >= 11 is 6.18. The fourth-order valence-corrected chi connectivity index (χ4v) is 2.85. The first kappa shape index (κ1) is 12.5. The Morgan fingerprint density at radius 2 is 2.00 bits per heavy atom. The maximum Gasteiger partial charge on any atom is 0.0693 e. The van der Waals surface area contributed by atoms with Crippen LogP contribution in [0.2, 0.25) is 5.02 Å². The molecule has 1 saturated carbocycles. The van der Waals surface area contributed by atoms with Crippen LogP contribution in [0, 0.1) is 22.7 Å². The Balaban J connectivity index is 2.16. The number of nitriles is 1. The third-order valence-electron chi connectivity index (χ3n) is 3.96. The Labute approximate surface area is 108 Å².